The monoisotopic (exact) mass is 410 g/mol. The number of nitrogens with zero attached hydrogens (tertiary/aromatic N) is 1. The number of fused-ring (bicyclic) bond motifs is 1. The number of aromatic carboxylic acids is 1. The molecule has 1 aromatic heterocycles. The first-order chi connectivity index (χ1) is 10.0. The third-order valence-corrected chi connectivity index (χ3v) is 3.96. The molecule has 5 nitrogen and oxygen atoms in total. The summed E-state index contributed by atoms with van der Waals surface area (Å²) in [7, 11) is 0. The number of hydrogen-bond acceptors (Lipinski definition) is 4. The van der Waals surface area contributed by atoms with Gasteiger partial charge in [0.2, 0.25) is 0 Å². The van der Waals surface area contributed by atoms with Crippen LogP contribution >= 0.6 is 31.9 Å². The maximum absolute atomic E-state index is 10.9. The Bertz CT molecular complexity index is 845. The summed E-state index contributed by atoms with van der Waals surface area (Å²) in [6.07, 6.45) is 0. The number of aromatic nitrogens is 1. The molecule has 3 aromatic rings. The minimum absolute atomic E-state index is 0.162. The Morgan fingerprint density at radius 3 is 2.71 bits per heavy atom. The molecule has 2 aromatic carbocycles. The van der Waals surface area contributed by atoms with E-state index in [0.717, 1.165) is 14.6 Å². The van der Waals surface area contributed by atoms with E-state index in [0.29, 0.717) is 17.1 Å². The van der Waals surface area contributed by atoms with Gasteiger partial charge in [-0.25, -0.2) is 4.79 Å². The second-order valence-electron chi connectivity index (χ2n) is 4.26. The van der Waals surface area contributed by atoms with Crippen molar-refractivity contribution < 1.29 is 14.3 Å². The van der Waals surface area contributed by atoms with Crippen LogP contribution < -0.4 is 5.32 Å². The highest BCUT2D eigenvalue weighted by molar-refractivity contribution is 9.11. The van der Waals surface area contributed by atoms with Crippen LogP contribution in [0.1, 0.15) is 10.4 Å². The average Bonchev–Trinajstić information content (AvgIpc) is 2.83. The van der Waals surface area contributed by atoms with Gasteiger partial charge in [-0.05, 0) is 52.3 Å². The first-order valence-electron chi connectivity index (χ1n) is 5.89. The van der Waals surface area contributed by atoms with Crippen LogP contribution in [-0.4, -0.2) is 16.1 Å². The van der Waals surface area contributed by atoms with E-state index >= 15 is 0 Å². The molecule has 1 heterocycles. The van der Waals surface area contributed by atoms with Gasteiger partial charge in [0.05, 0.1) is 11.3 Å². The van der Waals surface area contributed by atoms with Crippen molar-refractivity contribution in [2.45, 2.75) is 0 Å². The van der Waals surface area contributed by atoms with Crippen molar-refractivity contribution in [3.63, 3.8) is 0 Å². The van der Waals surface area contributed by atoms with Crippen molar-refractivity contribution in [3.05, 3.63) is 50.9 Å². The fourth-order valence-electron chi connectivity index (χ4n) is 1.82. The number of oxazole rings is 1. The number of carboxylic acid groups (broad SMARTS) is 1. The smallest absolute Gasteiger partial charge is 0.335 e. The molecule has 0 fully saturated rings. The highest BCUT2D eigenvalue weighted by atomic mass is 79.9. The predicted molar refractivity (Wildman–Crippen MR) is 86.1 cm³/mol. The lowest BCUT2D eigenvalue weighted by Crippen LogP contribution is -1.94. The maximum atomic E-state index is 10.9. The SMILES string of the molecule is O=C(O)c1ccc2nc(Nc3ccc(Br)cc3Br)oc2c1. The summed E-state index contributed by atoms with van der Waals surface area (Å²) in [5.41, 5.74) is 1.97. The Balaban J connectivity index is 1.95. The van der Waals surface area contributed by atoms with Crippen LogP contribution in [0.5, 0.6) is 0 Å². The number of carboxylic acids is 1. The minimum Gasteiger partial charge on any atom is -0.478 e. The largest absolute Gasteiger partial charge is 0.478 e. The van der Waals surface area contributed by atoms with Crippen molar-refractivity contribution >= 4 is 60.6 Å². The Morgan fingerprint density at radius 2 is 2.00 bits per heavy atom. The first-order valence-corrected chi connectivity index (χ1v) is 7.47. The number of rotatable bonds is 3. The number of benzene rings is 2. The molecule has 3 rings (SSSR count). The first kappa shape index (κ1) is 14.1. The van der Waals surface area contributed by atoms with E-state index in [1.807, 2.05) is 18.2 Å². The quantitative estimate of drug-likeness (QED) is 0.647. The van der Waals surface area contributed by atoms with E-state index in [1.54, 1.807) is 6.07 Å². The highest BCUT2D eigenvalue weighted by Crippen LogP contribution is 2.30. The van der Waals surface area contributed by atoms with Crippen LogP contribution in [0.15, 0.2) is 49.8 Å². The summed E-state index contributed by atoms with van der Waals surface area (Å²) in [5, 5.41) is 12.0. The second kappa shape index (κ2) is 5.50. The fourth-order valence-corrected chi connectivity index (χ4v) is 2.96. The molecule has 0 aliphatic carbocycles. The normalized spacial score (nSPS) is 10.8. The molecule has 0 amide bonds. The molecule has 2 N–H and O–H groups in total. The van der Waals surface area contributed by atoms with Crippen LogP contribution in [0.2, 0.25) is 0 Å². The van der Waals surface area contributed by atoms with Gasteiger partial charge in [0, 0.05) is 8.95 Å². The molecule has 0 bridgehead atoms. The molecule has 0 saturated heterocycles. The zero-order valence-electron chi connectivity index (χ0n) is 10.4. The van der Waals surface area contributed by atoms with Crippen LogP contribution in [0, 0.1) is 0 Å². The molecular formula is C14H8Br2N2O3. The van der Waals surface area contributed by atoms with Crippen molar-refractivity contribution in [1.82, 2.24) is 4.98 Å². The van der Waals surface area contributed by atoms with E-state index in [9.17, 15) is 4.79 Å². The van der Waals surface area contributed by atoms with Crippen molar-refractivity contribution in [2.24, 2.45) is 0 Å². The second-order valence-corrected chi connectivity index (χ2v) is 6.03. The minimum atomic E-state index is -1.00. The van der Waals surface area contributed by atoms with Gasteiger partial charge in [0.15, 0.2) is 5.58 Å². The molecule has 0 atom stereocenters. The number of nitrogens with one attached hydrogen (secondary N) is 1. The van der Waals surface area contributed by atoms with E-state index < -0.39 is 5.97 Å². The summed E-state index contributed by atoms with van der Waals surface area (Å²) < 4.78 is 7.33. The van der Waals surface area contributed by atoms with Gasteiger partial charge in [0.25, 0.3) is 6.01 Å². The summed E-state index contributed by atoms with van der Waals surface area (Å²) in [6.45, 7) is 0. The Morgan fingerprint density at radius 1 is 1.19 bits per heavy atom. The lowest BCUT2D eigenvalue weighted by Gasteiger charge is -2.04. The number of halogens is 2. The summed E-state index contributed by atoms with van der Waals surface area (Å²) in [5.74, 6) is -1.00. The zero-order chi connectivity index (χ0) is 15.0. The molecule has 0 spiro atoms. The molecule has 0 radical (unpaired) electrons. The third-order valence-electron chi connectivity index (χ3n) is 2.81. The molecule has 0 aliphatic heterocycles. The van der Waals surface area contributed by atoms with Crippen molar-refractivity contribution in [2.75, 3.05) is 5.32 Å². The van der Waals surface area contributed by atoms with Gasteiger partial charge < -0.3 is 14.8 Å². The predicted octanol–water partition coefficient (Wildman–Crippen LogP) is 4.79. The summed E-state index contributed by atoms with van der Waals surface area (Å²) >= 11 is 6.82. The number of carbonyl (C=O) groups is 1. The zero-order valence-corrected chi connectivity index (χ0v) is 13.6. The standard InChI is InChI=1S/C14H8Br2N2O3/c15-8-2-4-10(9(16)6-8)17-14-18-11-3-1-7(13(19)20)5-12(11)21-14/h1-6H,(H,17,18)(H,19,20). The molecule has 0 saturated carbocycles. The average molecular weight is 412 g/mol. The lowest BCUT2D eigenvalue weighted by atomic mass is 10.2. The molecular weight excluding hydrogens is 404 g/mol. The highest BCUT2D eigenvalue weighted by Gasteiger charge is 2.11. The van der Waals surface area contributed by atoms with Gasteiger partial charge >= 0.3 is 5.97 Å². The van der Waals surface area contributed by atoms with E-state index in [-0.39, 0.29) is 5.56 Å². The molecule has 0 aliphatic rings. The number of anilines is 2. The third kappa shape index (κ3) is 2.93. The Hall–Kier alpha value is -1.86. The number of hydrogen-bond donors (Lipinski definition) is 2. The van der Waals surface area contributed by atoms with Gasteiger partial charge in [0.1, 0.15) is 5.52 Å². The maximum Gasteiger partial charge on any atom is 0.335 e. The summed E-state index contributed by atoms with van der Waals surface area (Å²) in [6, 6.07) is 10.5. The van der Waals surface area contributed by atoms with Gasteiger partial charge in [-0.3, -0.25) is 0 Å². The fraction of sp³-hybridized carbons (Fsp3) is 0. The van der Waals surface area contributed by atoms with Crippen LogP contribution in [-0.2, 0) is 0 Å². The Kier molecular flexibility index (Phi) is 3.69. The molecule has 106 valence electrons. The van der Waals surface area contributed by atoms with E-state index in [2.05, 4.69) is 42.2 Å². The van der Waals surface area contributed by atoms with Crippen LogP contribution in [0.4, 0.5) is 11.7 Å². The van der Waals surface area contributed by atoms with Crippen molar-refractivity contribution in [1.29, 1.82) is 0 Å². The molecule has 21 heavy (non-hydrogen) atoms. The molecule has 7 heteroatoms. The van der Waals surface area contributed by atoms with Gasteiger partial charge in [-0.1, -0.05) is 15.9 Å². The topological polar surface area (TPSA) is 75.4 Å². The van der Waals surface area contributed by atoms with Gasteiger partial charge in [-0.2, -0.15) is 4.98 Å². The Labute approximate surface area is 136 Å². The van der Waals surface area contributed by atoms with Crippen LogP contribution in [0.25, 0.3) is 11.1 Å². The van der Waals surface area contributed by atoms with Crippen molar-refractivity contribution in [3.8, 4) is 0 Å². The molecule has 0 unspecified atom stereocenters. The van der Waals surface area contributed by atoms with E-state index in [1.165, 1.54) is 12.1 Å². The summed E-state index contributed by atoms with van der Waals surface area (Å²) in [4.78, 5) is 15.2. The van der Waals surface area contributed by atoms with E-state index in [4.69, 9.17) is 9.52 Å². The van der Waals surface area contributed by atoms with Gasteiger partial charge in [-0.15, -0.1) is 0 Å². The lowest BCUT2D eigenvalue weighted by molar-refractivity contribution is 0.0697. The van der Waals surface area contributed by atoms with Crippen LogP contribution in [0.3, 0.4) is 0 Å².